The molecule has 0 unspecified atom stereocenters. The Kier molecular flexibility index (Phi) is 3.52. The van der Waals surface area contributed by atoms with Gasteiger partial charge in [0, 0.05) is 30.1 Å². The maximum atomic E-state index is 12.9. The smallest absolute Gasteiger partial charge is 0.251 e. The number of benzene rings is 2. The van der Waals surface area contributed by atoms with Crippen molar-refractivity contribution in [1.29, 1.82) is 0 Å². The number of methoxy groups -OCH3 is 1. The first kappa shape index (κ1) is 16.3. The van der Waals surface area contributed by atoms with Gasteiger partial charge in [0.15, 0.2) is 5.11 Å². The number of aromatic nitrogens is 1. The molecule has 1 saturated heterocycles. The molecule has 0 aliphatic carbocycles. The predicted molar refractivity (Wildman–Crippen MR) is 108 cm³/mol. The molecule has 136 valence electrons. The van der Waals surface area contributed by atoms with Gasteiger partial charge in [-0.2, -0.15) is 0 Å². The average Bonchev–Trinajstić information content (AvgIpc) is 3.18. The molecule has 1 fully saturated rings. The topological polar surface area (TPSA) is 48.6 Å². The molecule has 27 heavy (non-hydrogen) atoms. The van der Waals surface area contributed by atoms with Crippen molar-refractivity contribution >= 4 is 34.1 Å². The summed E-state index contributed by atoms with van der Waals surface area (Å²) < 4.78 is 5.31. The van der Waals surface area contributed by atoms with Gasteiger partial charge in [0.2, 0.25) is 0 Å². The molecule has 1 aromatic heterocycles. The normalized spacial score (nSPS) is 21.6. The third-order valence-electron chi connectivity index (χ3n) is 5.69. The Morgan fingerprint density at radius 1 is 1.15 bits per heavy atom. The summed E-state index contributed by atoms with van der Waals surface area (Å²) in [4.78, 5) is 20.1. The number of para-hydroxylation sites is 1. The highest BCUT2D eigenvalue weighted by molar-refractivity contribution is 7.80. The fraction of sp³-hybridized carbons (Fsp3) is 0.238. The van der Waals surface area contributed by atoms with Crippen molar-refractivity contribution in [2.45, 2.75) is 18.5 Å². The predicted octanol–water partition coefficient (Wildman–Crippen LogP) is 3.25. The molecule has 0 radical (unpaired) electrons. The van der Waals surface area contributed by atoms with E-state index < -0.39 is 0 Å². The number of amides is 1. The Balaban J connectivity index is 1.74. The third-order valence-corrected chi connectivity index (χ3v) is 6.17. The van der Waals surface area contributed by atoms with Crippen LogP contribution in [0.5, 0.6) is 5.75 Å². The summed E-state index contributed by atoms with van der Waals surface area (Å²) in [6.45, 7) is 0. The maximum Gasteiger partial charge on any atom is 0.251 e. The van der Waals surface area contributed by atoms with Gasteiger partial charge in [-0.05, 0) is 41.5 Å². The van der Waals surface area contributed by atoms with Gasteiger partial charge in [0.1, 0.15) is 11.8 Å². The number of H-pyrrole nitrogens is 1. The summed E-state index contributed by atoms with van der Waals surface area (Å²) in [5, 5.41) is 1.76. The fourth-order valence-electron chi connectivity index (χ4n) is 4.34. The Morgan fingerprint density at radius 2 is 1.89 bits per heavy atom. The van der Waals surface area contributed by atoms with Crippen molar-refractivity contribution in [2.75, 3.05) is 14.2 Å². The largest absolute Gasteiger partial charge is 0.497 e. The Bertz CT molecular complexity index is 1070. The highest BCUT2D eigenvalue weighted by Crippen LogP contribution is 2.43. The van der Waals surface area contributed by atoms with Crippen LogP contribution >= 0.6 is 12.2 Å². The molecule has 0 bridgehead atoms. The number of carbonyl (C=O) groups excluding carboxylic acids is 1. The third kappa shape index (κ3) is 2.23. The minimum atomic E-state index is -0.263. The minimum absolute atomic E-state index is 0.0643. The lowest BCUT2D eigenvalue weighted by Crippen LogP contribution is -2.44. The number of nitrogens with one attached hydrogen (secondary N) is 1. The molecule has 0 spiro atoms. The molecule has 3 aromatic rings. The molecular formula is C21H19N3O2S. The number of hydrogen-bond acceptors (Lipinski definition) is 3. The number of ether oxygens (including phenoxy) is 1. The molecule has 5 nitrogen and oxygen atoms in total. The molecule has 6 heteroatoms. The van der Waals surface area contributed by atoms with Crippen LogP contribution in [0.3, 0.4) is 0 Å². The van der Waals surface area contributed by atoms with E-state index in [1.165, 1.54) is 10.9 Å². The number of fused-ring (bicyclic) bond motifs is 4. The molecule has 2 aliphatic rings. The van der Waals surface area contributed by atoms with Crippen molar-refractivity contribution in [3.05, 3.63) is 65.4 Å². The molecule has 2 atom stereocenters. The summed E-state index contributed by atoms with van der Waals surface area (Å²) in [6.07, 6.45) is 0.662. The number of aromatic amines is 1. The summed E-state index contributed by atoms with van der Waals surface area (Å²) >= 11 is 5.64. The van der Waals surface area contributed by atoms with E-state index in [1.54, 1.807) is 19.1 Å². The van der Waals surface area contributed by atoms with Crippen LogP contribution < -0.4 is 4.74 Å². The maximum absolute atomic E-state index is 12.9. The minimum Gasteiger partial charge on any atom is -0.497 e. The van der Waals surface area contributed by atoms with Crippen molar-refractivity contribution in [1.82, 2.24) is 14.8 Å². The van der Waals surface area contributed by atoms with Gasteiger partial charge in [-0.15, -0.1) is 0 Å². The first-order chi connectivity index (χ1) is 13.1. The second-order valence-corrected chi connectivity index (χ2v) is 7.41. The Hall–Kier alpha value is -2.86. The number of nitrogens with zero attached hydrogens (tertiary/aromatic N) is 2. The van der Waals surface area contributed by atoms with E-state index in [-0.39, 0.29) is 18.0 Å². The van der Waals surface area contributed by atoms with Crippen LogP contribution in [-0.4, -0.2) is 46.0 Å². The van der Waals surface area contributed by atoms with Crippen LogP contribution in [0.1, 0.15) is 22.9 Å². The molecule has 3 heterocycles. The number of hydrogen-bond donors (Lipinski definition) is 1. The zero-order valence-electron chi connectivity index (χ0n) is 15.1. The van der Waals surface area contributed by atoms with Crippen LogP contribution in [0.2, 0.25) is 0 Å². The zero-order chi connectivity index (χ0) is 18.7. The molecule has 0 saturated carbocycles. The van der Waals surface area contributed by atoms with Crippen LogP contribution in [0, 0.1) is 0 Å². The fourth-order valence-corrected chi connectivity index (χ4v) is 4.66. The first-order valence-corrected chi connectivity index (χ1v) is 9.34. The van der Waals surface area contributed by atoms with E-state index >= 15 is 0 Å². The van der Waals surface area contributed by atoms with Crippen LogP contribution in [0.25, 0.3) is 10.9 Å². The van der Waals surface area contributed by atoms with Crippen LogP contribution in [0.4, 0.5) is 0 Å². The second kappa shape index (κ2) is 5.82. The lowest BCUT2D eigenvalue weighted by atomic mass is 9.89. The van der Waals surface area contributed by atoms with Gasteiger partial charge in [0.05, 0.1) is 13.2 Å². The zero-order valence-corrected chi connectivity index (χ0v) is 15.9. The van der Waals surface area contributed by atoms with Gasteiger partial charge < -0.3 is 14.6 Å². The Labute approximate surface area is 162 Å². The summed E-state index contributed by atoms with van der Waals surface area (Å²) in [6, 6.07) is 15.9. The molecule has 2 aliphatic heterocycles. The summed E-state index contributed by atoms with van der Waals surface area (Å²) in [5.74, 6) is 0.870. The standard InChI is InChI=1S/C21H19N3O2S/c1-23-20(25)17-11-15-14-5-3-4-6-16(14)22-18(15)19(24(17)21(23)27)12-7-9-13(26-2)10-8-12/h3-10,17,19,22H,11H2,1-2H3/t17-,19+/m0/s1. The van der Waals surface area contributed by atoms with E-state index in [9.17, 15) is 4.79 Å². The molecule has 1 N–H and O–H groups in total. The van der Waals surface area contributed by atoms with Gasteiger partial charge >= 0.3 is 0 Å². The lowest BCUT2D eigenvalue weighted by Gasteiger charge is -2.37. The molecule has 5 rings (SSSR count). The average molecular weight is 377 g/mol. The van der Waals surface area contributed by atoms with Gasteiger partial charge in [0.25, 0.3) is 5.91 Å². The van der Waals surface area contributed by atoms with Crippen molar-refractivity contribution < 1.29 is 9.53 Å². The lowest BCUT2D eigenvalue weighted by molar-refractivity contribution is -0.127. The van der Waals surface area contributed by atoms with Gasteiger partial charge in [-0.25, -0.2) is 0 Å². The van der Waals surface area contributed by atoms with Crippen LogP contribution in [0.15, 0.2) is 48.5 Å². The summed E-state index contributed by atoms with van der Waals surface area (Å²) in [5.41, 5.74) is 4.50. The van der Waals surface area contributed by atoms with Gasteiger partial charge in [-0.1, -0.05) is 30.3 Å². The molecule has 2 aromatic carbocycles. The monoisotopic (exact) mass is 377 g/mol. The molecular weight excluding hydrogens is 358 g/mol. The quantitative estimate of drug-likeness (QED) is 0.697. The number of likely N-dealkylation sites (N-methyl/N-ethyl adjacent to an activating group) is 1. The van der Waals surface area contributed by atoms with Crippen LogP contribution in [-0.2, 0) is 11.2 Å². The molecule has 1 amide bonds. The number of thiocarbonyl (C=S) groups is 1. The number of carbonyl (C=O) groups is 1. The highest BCUT2D eigenvalue weighted by Gasteiger charge is 2.49. The number of rotatable bonds is 2. The summed E-state index contributed by atoms with van der Waals surface area (Å²) in [7, 11) is 3.42. The van der Waals surface area contributed by atoms with E-state index in [0.29, 0.717) is 11.5 Å². The second-order valence-electron chi connectivity index (χ2n) is 7.05. The van der Waals surface area contributed by atoms with Gasteiger partial charge in [-0.3, -0.25) is 9.69 Å². The van der Waals surface area contributed by atoms with E-state index in [2.05, 4.69) is 22.0 Å². The highest BCUT2D eigenvalue weighted by atomic mass is 32.1. The van der Waals surface area contributed by atoms with Crippen molar-refractivity contribution in [3.63, 3.8) is 0 Å². The van der Waals surface area contributed by atoms with E-state index in [0.717, 1.165) is 22.5 Å². The van der Waals surface area contributed by atoms with E-state index in [4.69, 9.17) is 17.0 Å². The van der Waals surface area contributed by atoms with Crippen molar-refractivity contribution in [3.8, 4) is 5.75 Å². The van der Waals surface area contributed by atoms with Crippen molar-refractivity contribution in [2.24, 2.45) is 0 Å². The van der Waals surface area contributed by atoms with E-state index in [1.807, 2.05) is 36.4 Å². The Morgan fingerprint density at radius 3 is 2.63 bits per heavy atom. The SMILES string of the molecule is COc1ccc([C@@H]2c3[nH]c4ccccc4c3C[C@H]3C(=O)N(C)C(=S)N23)cc1. The first-order valence-electron chi connectivity index (χ1n) is 8.93.